The van der Waals surface area contributed by atoms with Crippen LogP contribution in [0.5, 0.6) is 0 Å². The molecule has 1 atom stereocenters. The van der Waals surface area contributed by atoms with Crippen LogP contribution in [0.4, 0.5) is 10.5 Å². The standard InChI is InChI=1S/C21H18ClN3O3/c22-20-17-7-6-15(11-14(17)9-10-23-20)25-12-18(24-21(25)28)16-4-2-1-3-13(16)5-8-19(26)27/h1-4,6-7,9-11,18H,5,8,12H2,(H,24,28)(H,26,27). The van der Waals surface area contributed by atoms with Crippen molar-refractivity contribution in [3.63, 3.8) is 0 Å². The molecule has 4 rings (SSSR count). The fourth-order valence-corrected chi connectivity index (χ4v) is 3.81. The lowest BCUT2D eigenvalue weighted by atomic mass is 9.97. The molecule has 1 saturated heterocycles. The molecule has 2 amide bonds. The number of halogens is 1. The Bertz CT molecular complexity index is 1070. The lowest BCUT2D eigenvalue weighted by Crippen LogP contribution is -2.27. The van der Waals surface area contributed by atoms with Crippen molar-refractivity contribution in [2.75, 3.05) is 11.4 Å². The molecule has 1 aliphatic heterocycles. The first-order chi connectivity index (χ1) is 13.5. The Balaban J connectivity index is 1.61. The zero-order valence-electron chi connectivity index (χ0n) is 14.9. The maximum Gasteiger partial charge on any atom is 0.322 e. The molecule has 1 unspecified atom stereocenters. The molecule has 6 nitrogen and oxygen atoms in total. The molecule has 7 heteroatoms. The van der Waals surface area contributed by atoms with E-state index in [0.29, 0.717) is 18.1 Å². The van der Waals surface area contributed by atoms with Gasteiger partial charge in [0.1, 0.15) is 5.15 Å². The maximum absolute atomic E-state index is 12.6. The Hall–Kier alpha value is -3.12. The van der Waals surface area contributed by atoms with Gasteiger partial charge >= 0.3 is 12.0 Å². The molecule has 2 N–H and O–H groups in total. The van der Waals surface area contributed by atoms with Gasteiger partial charge in [0.25, 0.3) is 0 Å². The minimum atomic E-state index is -0.837. The lowest BCUT2D eigenvalue weighted by Gasteiger charge is -2.17. The molecule has 1 aliphatic rings. The molecule has 0 spiro atoms. The first-order valence-corrected chi connectivity index (χ1v) is 9.32. The maximum atomic E-state index is 12.6. The average molecular weight is 396 g/mol. The van der Waals surface area contributed by atoms with Crippen LogP contribution in [0, 0.1) is 0 Å². The third kappa shape index (κ3) is 3.51. The van der Waals surface area contributed by atoms with Gasteiger partial charge < -0.3 is 10.4 Å². The van der Waals surface area contributed by atoms with Crippen LogP contribution in [0.3, 0.4) is 0 Å². The van der Waals surface area contributed by atoms with Gasteiger partial charge in [-0.05, 0) is 47.2 Å². The monoisotopic (exact) mass is 395 g/mol. The minimum Gasteiger partial charge on any atom is -0.481 e. The lowest BCUT2D eigenvalue weighted by molar-refractivity contribution is -0.136. The van der Waals surface area contributed by atoms with E-state index in [-0.39, 0.29) is 18.5 Å². The van der Waals surface area contributed by atoms with Crippen molar-refractivity contribution >= 4 is 40.1 Å². The number of carboxylic acids is 1. The molecule has 2 aromatic carbocycles. The molecule has 1 aromatic heterocycles. The summed E-state index contributed by atoms with van der Waals surface area (Å²) in [5, 5.41) is 14.2. The molecule has 28 heavy (non-hydrogen) atoms. The van der Waals surface area contributed by atoms with Gasteiger partial charge in [-0.3, -0.25) is 9.69 Å². The van der Waals surface area contributed by atoms with Crippen molar-refractivity contribution < 1.29 is 14.7 Å². The van der Waals surface area contributed by atoms with E-state index in [2.05, 4.69) is 10.3 Å². The fourth-order valence-electron chi connectivity index (χ4n) is 3.58. The zero-order chi connectivity index (χ0) is 19.7. The van der Waals surface area contributed by atoms with E-state index in [4.69, 9.17) is 16.7 Å². The van der Waals surface area contributed by atoms with Crippen molar-refractivity contribution in [3.05, 3.63) is 71.0 Å². The van der Waals surface area contributed by atoms with Gasteiger partial charge in [-0.25, -0.2) is 9.78 Å². The van der Waals surface area contributed by atoms with E-state index < -0.39 is 5.97 Å². The van der Waals surface area contributed by atoms with Crippen molar-refractivity contribution in [2.45, 2.75) is 18.9 Å². The highest BCUT2D eigenvalue weighted by Gasteiger charge is 2.32. The second-order valence-corrected chi connectivity index (χ2v) is 7.07. The summed E-state index contributed by atoms with van der Waals surface area (Å²) >= 11 is 6.12. The quantitative estimate of drug-likeness (QED) is 0.635. The van der Waals surface area contributed by atoms with Crippen molar-refractivity contribution in [1.29, 1.82) is 0 Å². The number of benzene rings is 2. The zero-order valence-corrected chi connectivity index (χ0v) is 15.7. The summed E-state index contributed by atoms with van der Waals surface area (Å²) in [5.74, 6) is -0.837. The van der Waals surface area contributed by atoms with Crippen LogP contribution >= 0.6 is 11.6 Å². The van der Waals surface area contributed by atoms with E-state index in [9.17, 15) is 9.59 Å². The molecule has 3 aromatic rings. The van der Waals surface area contributed by atoms with Crippen LogP contribution in [0.15, 0.2) is 54.7 Å². The number of aryl methyl sites for hydroxylation is 1. The number of nitrogens with one attached hydrogen (secondary N) is 1. The number of carbonyl (C=O) groups is 2. The summed E-state index contributed by atoms with van der Waals surface area (Å²) < 4.78 is 0. The topological polar surface area (TPSA) is 82.5 Å². The summed E-state index contributed by atoms with van der Waals surface area (Å²) in [6.45, 7) is 0.466. The SMILES string of the molecule is O=C(O)CCc1ccccc1C1CN(c2ccc3c(Cl)nccc3c2)C(=O)N1. The number of urea groups is 1. The third-order valence-corrected chi connectivity index (χ3v) is 5.26. The van der Waals surface area contributed by atoms with E-state index in [1.165, 1.54) is 0 Å². The number of carbonyl (C=O) groups excluding carboxylic acids is 1. The number of hydrogen-bond acceptors (Lipinski definition) is 3. The largest absolute Gasteiger partial charge is 0.481 e. The van der Waals surface area contributed by atoms with Crippen LogP contribution in [0.1, 0.15) is 23.6 Å². The summed E-state index contributed by atoms with van der Waals surface area (Å²) in [7, 11) is 0. The van der Waals surface area contributed by atoms with E-state index in [1.807, 2.05) is 48.5 Å². The first-order valence-electron chi connectivity index (χ1n) is 8.95. The highest BCUT2D eigenvalue weighted by Crippen LogP contribution is 2.31. The molecule has 0 bridgehead atoms. The van der Waals surface area contributed by atoms with Gasteiger partial charge in [0.05, 0.1) is 12.6 Å². The van der Waals surface area contributed by atoms with Crippen LogP contribution in [0.25, 0.3) is 10.8 Å². The van der Waals surface area contributed by atoms with E-state index in [1.54, 1.807) is 11.1 Å². The second-order valence-electron chi connectivity index (χ2n) is 6.71. The number of aliphatic carboxylic acids is 1. The van der Waals surface area contributed by atoms with Crippen LogP contribution in [-0.2, 0) is 11.2 Å². The number of rotatable bonds is 5. The third-order valence-electron chi connectivity index (χ3n) is 4.96. The van der Waals surface area contributed by atoms with Gasteiger partial charge in [-0.15, -0.1) is 0 Å². The molecule has 1 fully saturated rings. The number of fused-ring (bicyclic) bond motifs is 1. The number of aromatic nitrogens is 1. The smallest absolute Gasteiger partial charge is 0.322 e. The van der Waals surface area contributed by atoms with Gasteiger partial charge in [0, 0.05) is 23.7 Å². The van der Waals surface area contributed by atoms with Crippen LogP contribution in [0.2, 0.25) is 5.15 Å². The highest BCUT2D eigenvalue weighted by molar-refractivity contribution is 6.34. The molecular weight excluding hydrogens is 378 g/mol. The van der Waals surface area contributed by atoms with Crippen molar-refractivity contribution in [1.82, 2.24) is 10.3 Å². The summed E-state index contributed by atoms with van der Waals surface area (Å²) in [6.07, 6.45) is 2.13. The first kappa shape index (κ1) is 18.3. The number of anilines is 1. The Kier molecular flexibility index (Phi) is 4.88. The fraction of sp³-hybridized carbons (Fsp3) is 0.190. The van der Waals surface area contributed by atoms with Gasteiger partial charge in [-0.2, -0.15) is 0 Å². The van der Waals surface area contributed by atoms with Crippen molar-refractivity contribution in [3.8, 4) is 0 Å². The Labute approximate surface area is 166 Å². The molecule has 2 heterocycles. The van der Waals surface area contributed by atoms with Gasteiger partial charge in [0.2, 0.25) is 0 Å². The summed E-state index contributed by atoms with van der Waals surface area (Å²) in [4.78, 5) is 29.3. The number of pyridine rings is 1. The Morgan fingerprint density at radius 1 is 1.25 bits per heavy atom. The van der Waals surface area contributed by atoms with Gasteiger partial charge in [-0.1, -0.05) is 35.9 Å². The molecule has 0 aliphatic carbocycles. The van der Waals surface area contributed by atoms with E-state index >= 15 is 0 Å². The van der Waals surface area contributed by atoms with Crippen LogP contribution in [-0.4, -0.2) is 28.6 Å². The van der Waals surface area contributed by atoms with Crippen molar-refractivity contribution in [2.24, 2.45) is 0 Å². The van der Waals surface area contributed by atoms with E-state index in [0.717, 1.165) is 27.6 Å². The predicted molar refractivity (Wildman–Crippen MR) is 108 cm³/mol. The molecule has 142 valence electrons. The average Bonchev–Trinajstić information content (AvgIpc) is 3.08. The molecular formula is C21H18ClN3O3. The number of nitrogens with zero attached hydrogens (tertiary/aromatic N) is 2. The molecule has 0 saturated carbocycles. The summed E-state index contributed by atoms with van der Waals surface area (Å²) in [5.41, 5.74) is 2.67. The predicted octanol–water partition coefficient (Wildman–Crippen LogP) is 4.18. The highest BCUT2D eigenvalue weighted by atomic mass is 35.5. The number of hydrogen-bond donors (Lipinski definition) is 2. The van der Waals surface area contributed by atoms with Crippen LogP contribution < -0.4 is 10.2 Å². The number of carboxylic acid groups (broad SMARTS) is 1. The number of amides is 2. The van der Waals surface area contributed by atoms with Gasteiger partial charge in [0.15, 0.2) is 0 Å². The summed E-state index contributed by atoms with van der Waals surface area (Å²) in [6, 6.07) is 14.8. The normalized spacial score (nSPS) is 16.4. The Morgan fingerprint density at radius 2 is 2.07 bits per heavy atom. The second kappa shape index (κ2) is 7.48. The Morgan fingerprint density at radius 3 is 2.89 bits per heavy atom. The molecule has 0 radical (unpaired) electrons. The minimum absolute atomic E-state index is 0.0564.